The molecule has 0 N–H and O–H groups in total. The van der Waals surface area contributed by atoms with Crippen LogP contribution in [0.3, 0.4) is 0 Å². The Balaban J connectivity index is 1.56. The van der Waals surface area contributed by atoms with Gasteiger partial charge in [0, 0.05) is 24.4 Å². The van der Waals surface area contributed by atoms with Gasteiger partial charge in [-0.1, -0.05) is 24.3 Å². The number of rotatable bonds is 0. The van der Waals surface area contributed by atoms with Crippen molar-refractivity contribution >= 4 is 11.6 Å². The molecule has 1 aliphatic carbocycles. The Morgan fingerprint density at radius 3 is 3.12 bits per heavy atom. The lowest BCUT2D eigenvalue weighted by Gasteiger charge is -2.61. The normalized spacial score (nSPS) is 49.6. The number of carbonyl (C=O) groups excluding carboxylic acids is 1. The van der Waals surface area contributed by atoms with Gasteiger partial charge >= 0.3 is 0 Å². The molecule has 134 valence electrons. The van der Waals surface area contributed by atoms with Crippen LogP contribution in [0.2, 0.25) is 0 Å². The van der Waals surface area contributed by atoms with E-state index in [9.17, 15) is 10.0 Å². The van der Waals surface area contributed by atoms with Crippen molar-refractivity contribution in [3.05, 3.63) is 46.7 Å². The molecule has 1 saturated carbocycles. The molecule has 5 nitrogen and oxygen atoms in total. The average molecular weight is 350 g/mol. The van der Waals surface area contributed by atoms with Crippen LogP contribution in [0.25, 0.3) is 0 Å². The minimum atomic E-state index is -0.174. The topological polar surface area (TPSA) is 52.6 Å². The van der Waals surface area contributed by atoms with Gasteiger partial charge in [0.2, 0.25) is 5.91 Å². The number of hydroxylamine groups is 3. The molecule has 7 atom stereocenters. The lowest BCUT2D eigenvalue weighted by atomic mass is 9.53. The van der Waals surface area contributed by atoms with Crippen molar-refractivity contribution in [3.8, 4) is 0 Å². The first-order valence-corrected chi connectivity index (χ1v) is 9.93. The molecular weight excluding hydrogens is 328 g/mol. The van der Waals surface area contributed by atoms with Gasteiger partial charge in [-0.05, 0) is 23.1 Å². The highest BCUT2D eigenvalue weighted by molar-refractivity contribution is 5.99. The van der Waals surface area contributed by atoms with Crippen LogP contribution < -0.4 is 4.90 Å². The Hall–Kier alpha value is -1.69. The molecule has 1 unspecified atom stereocenters. The summed E-state index contributed by atoms with van der Waals surface area (Å²) < 4.78 is 6.10. The zero-order valence-corrected chi connectivity index (χ0v) is 14.6. The summed E-state index contributed by atoms with van der Waals surface area (Å²) >= 11 is 0. The molecule has 26 heavy (non-hydrogen) atoms. The zero-order chi connectivity index (χ0) is 17.3. The summed E-state index contributed by atoms with van der Waals surface area (Å²) in [5.74, 6) is 0.922. The maximum absolute atomic E-state index is 13.9. The van der Waals surface area contributed by atoms with Crippen LogP contribution in [0.15, 0.2) is 35.9 Å². The van der Waals surface area contributed by atoms with Gasteiger partial charge in [0.25, 0.3) is 0 Å². The number of nitrogens with zero attached hydrogens (tertiary/aromatic N) is 2. The van der Waals surface area contributed by atoms with E-state index in [1.54, 1.807) is 0 Å². The van der Waals surface area contributed by atoms with E-state index < -0.39 is 0 Å². The van der Waals surface area contributed by atoms with Crippen LogP contribution in [0.4, 0.5) is 5.69 Å². The number of piperidine rings is 2. The molecule has 5 aliphatic heterocycles. The Bertz CT molecular complexity index is 897. The fourth-order valence-electron chi connectivity index (χ4n) is 7.77. The third kappa shape index (κ3) is 1.33. The molecule has 4 fully saturated rings. The first-order valence-electron chi connectivity index (χ1n) is 9.93. The van der Waals surface area contributed by atoms with E-state index in [0.29, 0.717) is 38.0 Å². The molecule has 0 radical (unpaired) electrons. The summed E-state index contributed by atoms with van der Waals surface area (Å²) in [6, 6.07) is 8.58. The number of hydrogen-bond acceptors (Lipinski definition) is 3. The van der Waals surface area contributed by atoms with E-state index in [1.807, 2.05) is 6.07 Å². The quantitative estimate of drug-likeness (QED) is 0.409. The number of anilines is 1. The number of amides is 1. The molecule has 6 aliphatic rings. The van der Waals surface area contributed by atoms with Gasteiger partial charge in [0.05, 0.1) is 37.1 Å². The predicted molar refractivity (Wildman–Crippen MR) is 95.2 cm³/mol. The largest absolute Gasteiger partial charge is 0.632 e. The second-order valence-electron chi connectivity index (χ2n) is 9.14. The predicted octanol–water partition coefficient (Wildman–Crippen LogP) is 2.11. The number of hydrogen-bond donors (Lipinski definition) is 0. The van der Waals surface area contributed by atoms with Gasteiger partial charge < -0.3 is 19.5 Å². The van der Waals surface area contributed by atoms with E-state index in [-0.39, 0.29) is 34.2 Å². The van der Waals surface area contributed by atoms with E-state index in [1.165, 1.54) is 11.1 Å². The molecule has 3 saturated heterocycles. The lowest BCUT2D eigenvalue weighted by Crippen LogP contribution is -2.71. The molecule has 2 bridgehead atoms. The standard InChI is InChI=1S/C21H22N2O3/c24-18-10-16-19-13-9-17-21(6-7-23(17,25)11-12(13)5-8-26-16)14-3-1-2-4-15(14)22(18)20(19)21/h1-5,13,16-17,19-20H,6-11H2/t13-,16-,17+,19-,20-,21+,23?/m0/s1. The Morgan fingerprint density at radius 2 is 2.19 bits per heavy atom. The van der Waals surface area contributed by atoms with Crippen molar-refractivity contribution in [3.63, 3.8) is 0 Å². The average Bonchev–Trinajstić information content (AvgIpc) is 3.05. The van der Waals surface area contributed by atoms with Gasteiger partial charge in [0.15, 0.2) is 0 Å². The van der Waals surface area contributed by atoms with Crippen molar-refractivity contribution in [2.24, 2.45) is 11.8 Å². The monoisotopic (exact) mass is 350 g/mol. The third-order valence-corrected chi connectivity index (χ3v) is 8.50. The van der Waals surface area contributed by atoms with Crippen molar-refractivity contribution in [1.82, 2.24) is 0 Å². The van der Waals surface area contributed by atoms with Crippen molar-refractivity contribution < 1.29 is 14.2 Å². The summed E-state index contributed by atoms with van der Waals surface area (Å²) in [5, 5.41) is 13.9. The first kappa shape index (κ1) is 14.4. The second kappa shape index (κ2) is 4.24. The molecule has 1 aromatic carbocycles. The minimum Gasteiger partial charge on any atom is -0.632 e. The molecule has 0 aromatic heterocycles. The van der Waals surface area contributed by atoms with Crippen molar-refractivity contribution in [2.75, 3.05) is 24.6 Å². The smallest absolute Gasteiger partial charge is 0.229 e. The molecule has 5 heterocycles. The van der Waals surface area contributed by atoms with E-state index >= 15 is 0 Å². The lowest BCUT2D eigenvalue weighted by molar-refractivity contribution is -0.896. The van der Waals surface area contributed by atoms with Gasteiger partial charge in [-0.2, -0.15) is 0 Å². The van der Waals surface area contributed by atoms with Crippen LogP contribution in [0.5, 0.6) is 0 Å². The summed E-state index contributed by atoms with van der Waals surface area (Å²) in [6.45, 7) is 1.87. The number of ether oxygens (including phenoxy) is 1. The Kier molecular flexibility index (Phi) is 2.34. The Morgan fingerprint density at radius 1 is 1.31 bits per heavy atom. The van der Waals surface area contributed by atoms with Crippen molar-refractivity contribution in [1.29, 1.82) is 0 Å². The summed E-state index contributed by atoms with van der Waals surface area (Å²) in [4.78, 5) is 15.3. The summed E-state index contributed by atoms with van der Waals surface area (Å²) in [5.41, 5.74) is 3.46. The fraction of sp³-hybridized carbons (Fsp3) is 0.571. The zero-order valence-electron chi connectivity index (χ0n) is 14.6. The molecule has 1 aromatic rings. The number of fused-ring (bicyclic) bond motifs is 2. The van der Waals surface area contributed by atoms with Gasteiger partial charge in [-0.3, -0.25) is 4.79 Å². The van der Waals surface area contributed by atoms with Crippen LogP contribution in [0.1, 0.15) is 24.8 Å². The second-order valence-corrected chi connectivity index (χ2v) is 9.14. The molecular formula is C21H22N2O3. The first-order chi connectivity index (χ1) is 12.6. The third-order valence-electron chi connectivity index (χ3n) is 8.50. The van der Waals surface area contributed by atoms with E-state index in [2.05, 4.69) is 29.2 Å². The molecule has 5 heteroatoms. The highest BCUT2D eigenvalue weighted by atomic mass is 16.6. The van der Waals surface area contributed by atoms with E-state index in [0.717, 1.165) is 18.5 Å². The van der Waals surface area contributed by atoms with Crippen molar-refractivity contribution in [2.45, 2.75) is 42.9 Å². The van der Waals surface area contributed by atoms with Gasteiger partial charge in [0.1, 0.15) is 12.6 Å². The fourth-order valence-corrected chi connectivity index (χ4v) is 7.77. The van der Waals surface area contributed by atoms with Crippen LogP contribution in [-0.2, 0) is 14.9 Å². The Labute approximate surface area is 152 Å². The molecule has 7 rings (SSSR count). The maximum Gasteiger partial charge on any atom is 0.229 e. The minimum absolute atomic E-state index is 0.00175. The van der Waals surface area contributed by atoms with Gasteiger partial charge in [-0.25, -0.2) is 0 Å². The van der Waals surface area contributed by atoms with Gasteiger partial charge in [-0.15, -0.1) is 0 Å². The number of quaternary nitrogens is 1. The maximum atomic E-state index is 13.9. The van der Waals surface area contributed by atoms with E-state index in [4.69, 9.17) is 4.74 Å². The SMILES string of the molecule is O=C1C[C@@H]2OCC=C3C[N+]4([O-])CC[C@]56c7ccccc7N1[C@H]5[C@H]2[C@H]3C[C@H]64. The molecule has 1 amide bonds. The number of carbonyl (C=O) groups is 1. The number of benzene rings is 1. The highest BCUT2D eigenvalue weighted by Crippen LogP contribution is 2.67. The van der Waals surface area contributed by atoms with Crippen LogP contribution in [-0.4, -0.2) is 48.4 Å². The number of para-hydroxylation sites is 1. The summed E-state index contributed by atoms with van der Waals surface area (Å²) in [7, 11) is 0. The summed E-state index contributed by atoms with van der Waals surface area (Å²) in [6.07, 6.45) is 4.51. The van der Waals surface area contributed by atoms with Crippen LogP contribution in [0, 0.1) is 17.0 Å². The van der Waals surface area contributed by atoms with Crippen LogP contribution >= 0.6 is 0 Å². The highest BCUT2D eigenvalue weighted by Gasteiger charge is 2.74. The molecule has 1 spiro atoms.